The van der Waals surface area contributed by atoms with Crippen LogP contribution in [0.5, 0.6) is 0 Å². The molecule has 2 amide bonds. The molecule has 0 unspecified atom stereocenters. The summed E-state index contributed by atoms with van der Waals surface area (Å²) in [6, 6.07) is 11.8. The zero-order chi connectivity index (χ0) is 20.8. The first-order valence-corrected chi connectivity index (χ1v) is 8.57. The maximum atomic E-state index is 13.7. The molecule has 0 aliphatic heterocycles. The van der Waals surface area contributed by atoms with Crippen LogP contribution in [0.25, 0.3) is 0 Å². The summed E-state index contributed by atoms with van der Waals surface area (Å²) in [6.07, 6.45) is 1.15. The van der Waals surface area contributed by atoms with Gasteiger partial charge in [0.2, 0.25) is 0 Å². The summed E-state index contributed by atoms with van der Waals surface area (Å²) in [4.78, 5) is 32.0. The van der Waals surface area contributed by atoms with Crippen molar-refractivity contribution in [3.05, 3.63) is 76.8 Å². The van der Waals surface area contributed by atoms with Gasteiger partial charge in [-0.05, 0) is 30.3 Å². The fraction of sp³-hybridized carbons (Fsp3) is 0. The van der Waals surface area contributed by atoms with Crippen molar-refractivity contribution in [2.75, 3.05) is 16.6 Å². The molecule has 0 aliphatic carbocycles. The summed E-state index contributed by atoms with van der Waals surface area (Å²) >= 11 is 5.86. The SMILES string of the molecule is Nc1c(NNC(=O)c2cccc(Cl)c2)ncnc1NNC(=O)c1ccccc1F. The number of aromatic nitrogens is 2. The van der Waals surface area contributed by atoms with E-state index in [4.69, 9.17) is 17.3 Å². The highest BCUT2D eigenvalue weighted by atomic mass is 35.5. The average Bonchev–Trinajstić information content (AvgIpc) is 2.72. The van der Waals surface area contributed by atoms with E-state index in [0.29, 0.717) is 10.6 Å². The van der Waals surface area contributed by atoms with Gasteiger partial charge in [-0.1, -0.05) is 29.8 Å². The van der Waals surface area contributed by atoms with Gasteiger partial charge in [0.15, 0.2) is 11.6 Å². The van der Waals surface area contributed by atoms with Crippen LogP contribution in [-0.2, 0) is 0 Å². The van der Waals surface area contributed by atoms with Crippen LogP contribution in [0.4, 0.5) is 21.7 Å². The summed E-state index contributed by atoms with van der Waals surface area (Å²) in [5.74, 6) is -1.73. The lowest BCUT2D eigenvalue weighted by atomic mass is 10.2. The zero-order valence-electron chi connectivity index (χ0n) is 14.7. The van der Waals surface area contributed by atoms with Gasteiger partial charge < -0.3 is 5.73 Å². The number of carbonyl (C=O) groups is 2. The number of amides is 2. The van der Waals surface area contributed by atoms with E-state index in [1.165, 1.54) is 30.3 Å². The molecule has 0 aliphatic rings. The third-order valence-electron chi connectivity index (χ3n) is 3.68. The van der Waals surface area contributed by atoms with Gasteiger partial charge in [0, 0.05) is 10.6 Å². The van der Waals surface area contributed by atoms with Crippen LogP contribution in [0.3, 0.4) is 0 Å². The van der Waals surface area contributed by atoms with Crippen LogP contribution < -0.4 is 27.4 Å². The summed E-state index contributed by atoms with van der Waals surface area (Å²) in [5, 5.41) is 0.413. The number of anilines is 3. The topological polar surface area (TPSA) is 134 Å². The van der Waals surface area contributed by atoms with Crippen LogP contribution in [0.2, 0.25) is 5.02 Å². The molecule has 11 heteroatoms. The Bertz CT molecular complexity index is 1060. The lowest BCUT2D eigenvalue weighted by molar-refractivity contribution is 0.0952. The quantitative estimate of drug-likeness (QED) is 0.390. The number of hydrazine groups is 2. The van der Waals surface area contributed by atoms with Crippen LogP contribution in [0, 0.1) is 5.82 Å². The predicted molar refractivity (Wildman–Crippen MR) is 106 cm³/mol. The van der Waals surface area contributed by atoms with Crippen molar-refractivity contribution in [3.63, 3.8) is 0 Å². The highest BCUT2D eigenvalue weighted by Crippen LogP contribution is 2.21. The van der Waals surface area contributed by atoms with Gasteiger partial charge in [0.05, 0.1) is 5.56 Å². The van der Waals surface area contributed by atoms with Crippen LogP contribution in [0.1, 0.15) is 20.7 Å². The maximum Gasteiger partial charge on any atom is 0.272 e. The number of hydrogen-bond acceptors (Lipinski definition) is 7. The van der Waals surface area contributed by atoms with Gasteiger partial charge in [-0.2, -0.15) is 0 Å². The van der Waals surface area contributed by atoms with Crippen molar-refractivity contribution in [1.29, 1.82) is 0 Å². The van der Waals surface area contributed by atoms with Gasteiger partial charge >= 0.3 is 0 Å². The molecule has 6 N–H and O–H groups in total. The van der Waals surface area contributed by atoms with E-state index in [1.54, 1.807) is 18.2 Å². The van der Waals surface area contributed by atoms with E-state index < -0.39 is 17.6 Å². The first kappa shape index (κ1) is 19.8. The molecule has 1 aromatic heterocycles. The molecular formula is C18H15ClFN7O2. The first-order chi connectivity index (χ1) is 14.0. The number of halogens is 2. The van der Waals surface area contributed by atoms with Gasteiger partial charge in [0.25, 0.3) is 11.8 Å². The molecule has 148 valence electrons. The van der Waals surface area contributed by atoms with E-state index in [-0.39, 0.29) is 22.9 Å². The van der Waals surface area contributed by atoms with Crippen molar-refractivity contribution in [1.82, 2.24) is 20.8 Å². The van der Waals surface area contributed by atoms with Gasteiger partial charge in [-0.15, -0.1) is 0 Å². The van der Waals surface area contributed by atoms with Crippen LogP contribution >= 0.6 is 11.6 Å². The molecule has 0 radical (unpaired) electrons. The minimum absolute atomic E-state index is 0.00716. The van der Waals surface area contributed by atoms with E-state index in [1.807, 2.05) is 0 Å². The number of rotatable bonds is 6. The monoisotopic (exact) mass is 415 g/mol. The second kappa shape index (κ2) is 8.85. The number of nitrogen functional groups attached to an aromatic ring is 1. The molecule has 1 heterocycles. The zero-order valence-corrected chi connectivity index (χ0v) is 15.5. The summed E-state index contributed by atoms with van der Waals surface area (Å²) in [7, 11) is 0. The first-order valence-electron chi connectivity index (χ1n) is 8.19. The number of hydrogen-bond donors (Lipinski definition) is 5. The van der Waals surface area contributed by atoms with E-state index in [2.05, 4.69) is 31.7 Å². The molecule has 3 rings (SSSR count). The third-order valence-corrected chi connectivity index (χ3v) is 3.91. The van der Waals surface area contributed by atoms with Gasteiger partial charge in [0.1, 0.15) is 17.8 Å². The molecule has 0 saturated carbocycles. The van der Waals surface area contributed by atoms with Crippen molar-refractivity contribution in [3.8, 4) is 0 Å². The molecule has 3 aromatic rings. The number of nitrogens with one attached hydrogen (secondary N) is 4. The molecule has 0 fully saturated rings. The normalized spacial score (nSPS) is 10.1. The molecule has 0 bridgehead atoms. The van der Waals surface area contributed by atoms with Gasteiger partial charge in [-0.25, -0.2) is 14.4 Å². The Kier molecular flexibility index (Phi) is 6.05. The molecule has 2 aromatic carbocycles. The number of nitrogens with two attached hydrogens (primary N) is 1. The minimum Gasteiger partial charge on any atom is -0.393 e. The van der Waals surface area contributed by atoms with Crippen molar-refractivity contribution >= 4 is 40.7 Å². The lowest BCUT2D eigenvalue weighted by Gasteiger charge is -2.14. The molecule has 0 spiro atoms. The van der Waals surface area contributed by atoms with E-state index in [9.17, 15) is 14.0 Å². The Labute approximate surface area is 169 Å². The second-order valence-electron chi connectivity index (χ2n) is 5.63. The van der Waals surface area contributed by atoms with Crippen LogP contribution in [0.15, 0.2) is 54.9 Å². The smallest absolute Gasteiger partial charge is 0.272 e. The third kappa shape index (κ3) is 4.87. The van der Waals surface area contributed by atoms with Crippen molar-refractivity contribution < 1.29 is 14.0 Å². The minimum atomic E-state index is -0.718. The molecule has 29 heavy (non-hydrogen) atoms. The fourth-order valence-electron chi connectivity index (χ4n) is 2.24. The number of carbonyl (C=O) groups excluding carboxylic acids is 2. The van der Waals surface area contributed by atoms with Gasteiger partial charge in [-0.3, -0.25) is 31.3 Å². The highest BCUT2D eigenvalue weighted by molar-refractivity contribution is 6.30. The second-order valence-corrected chi connectivity index (χ2v) is 6.07. The Balaban J connectivity index is 1.64. The molecule has 0 saturated heterocycles. The molecular weight excluding hydrogens is 401 g/mol. The number of nitrogens with zero attached hydrogens (tertiary/aromatic N) is 2. The largest absolute Gasteiger partial charge is 0.393 e. The van der Waals surface area contributed by atoms with Crippen molar-refractivity contribution in [2.24, 2.45) is 0 Å². The molecule has 0 atom stereocenters. The van der Waals surface area contributed by atoms with Crippen LogP contribution in [-0.4, -0.2) is 21.8 Å². The maximum absolute atomic E-state index is 13.7. The fourth-order valence-corrected chi connectivity index (χ4v) is 2.43. The Hall–Kier alpha value is -3.92. The summed E-state index contributed by atoms with van der Waals surface area (Å²) in [6.45, 7) is 0. The van der Waals surface area contributed by atoms with E-state index in [0.717, 1.165) is 6.33 Å². The van der Waals surface area contributed by atoms with Crippen molar-refractivity contribution in [2.45, 2.75) is 0 Å². The standard InChI is InChI=1S/C18H15ClFN7O2/c19-11-5-3-4-10(8-11)17(28)26-24-15-14(21)16(23-9-22-15)25-27-18(29)12-6-1-2-7-13(12)20/h1-9H,21H2,(H,26,28)(H,27,29)(H2,22,23,24,25). The average molecular weight is 416 g/mol. The Morgan fingerprint density at radius 3 is 2.24 bits per heavy atom. The lowest BCUT2D eigenvalue weighted by Crippen LogP contribution is -2.32. The number of benzene rings is 2. The predicted octanol–water partition coefficient (Wildman–Crippen LogP) is 2.37. The Morgan fingerprint density at radius 1 is 0.931 bits per heavy atom. The van der Waals surface area contributed by atoms with E-state index >= 15 is 0 Å². The highest BCUT2D eigenvalue weighted by Gasteiger charge is 2.13. The summed E-state index contributed by atoms with van der Waals surface area (Å²) in [5.41, 5.74) is 15.9. The molecule has 9 nitrogen and oxygen atoms in total. The summed E-state index contributed by atoms with van der Waals surface area (Å²) < 4.78 is 13.7. The Morgan fingerprint density at radius 2 is 1.59 bits per heavy atom.